The van der Waals surface area contributed by atoms with Crippen LogP contribution in [0, 0.1) is 0 Å². The third-order valence-electron chi connectivity index (χ3n) is 3.82. The van der Waals surface area contributed by atoms with E-state index < -0.39 is 5.97 Å². The second kappa shape index (κ2) is 4.85. The molecule has 5 nitrogen and oxygen atoms in total. The lowest BCUT2D eigenvalue weighted by molar-refractivity contribution is 0.0691. The summed E-state index contributed by atoms with van der Waals surface area (Å²) in [6, 6.07) is 0.629. The largest absolute Gasteiger partial charge is 0.476 e. The summed E-state index contributed by atoms with van der Waals surface area (Å²) in [5.74, 6) is -0.936. The zero-order valence-corrected chi connectivity index (χ0v) is 11.0. The van der Waals surface area contributed by atoms with Crippen LogP contribution in [0.25, 0.3) is 0 Å². The Balaban J connectivity index is 1.71. The molecule has 98 valence electrons. The average Bonchev–Trinajstić information content (AvgIpc) is 2.88. The topological polar surface area (TPSA) is 56.7 Å². The summed E-state index contributed by atoms with van der Waals surface area (Å²) in [7, 11) is 0. The maximum atomic E-state index is 10.8. The Morgan fingerprint density at radius 3 is 3.06 bits per heavy atom. The van der Waals surface area contributed by atoms with Crippen molar-refractivity contribution in [1.82, 2.24) is 9.88 Å². The van der Waals surface area contributed by atoms with Crippen LogP contribution >= 0.6 is 11.3 Å². The van der Waals surface area contributed by atoms with Crippen LogP contribution in [-0.2, 0) is 0 Å². The Labute approximate surface area is 110 Å². The van der Waals surface area contributed by atoms with E-state index in [9.17, 15) is 4.79 Å². The van der Waals surface area contributed by atoms with Gasteiger partial charge in [-0.25, -0.2) is 9.78 Å². The first-order chi connectivity index (χ1) is 8.74. The van der Waals surface area contributed by atoms with Crippen molar-refractivity contribution in [2.45, 2.75) is 25.3 Å². The molecule has 2 aliphatic rings. The summed E-state index contributed by atoms with van der Waals surface area (Å²) in [5.41, 5.74) is 0.168. The van der Waals surface area contributed by atoms with E-state index in [-0.39, 0.29) is 5.69 Å². The Morgan fingerprint density at radius 1 is 1.39 bits per heavy atom. The van der Waals surface area contributed by atoms with Crippen molar-refractivity contribution in [3.63, 3.8) is 0 Å². The van der Waals surface area contributed by atoms with Gasteiger partial charge in [-0.1, -0.05) is 6.42 Å². The summed E-state index contributed by atoms with van der Waals surface area (Å²) in [6.45, 7) is 4.25. The van der Waals surface area contributed by atoms with Gasteiger partial charge in [0.15, 0.2) is 10.8 Å². The minimum atomic E-state index is -0.936. The fourth-order valence-corrected chi connectivity index (χ4v) is 3.67. The molecule has 0 aromatic carbocycles. The van der Waals surface area contributed by atoms with Gasteiger partial charge in [0, 0.05) is 31.1 Å². The van der Waals surface area contributed by atoms with Crippen LogP contribution < -0.4 is 4.90 Å². The van der Waals surface area contributed by atoms with E-state index in [0.717, 1.165) is 24.8 Å². The third kappa shape index (κ3) is 2.22. The van der Waals surface area contributed by atoms with E-state index in [1.807, 2.05) is 0 Å². The number of carboxylic acid groups (broad SMARTS) is 1. The van der Waals surface area contributed by atoms with Crippen LogP contribution in [0.2, 0.25) is 0 Å². The predicted octanol–water partition coefficient (Wildman–Crippen LogP) is 1.52. The highest BCUT2D eigenvalue weighted by Gasteiger charge is 2.30. The molecule has 2 fully saturated rings. The lowest BCUT2D eigenvalue weighted by Crippen LogP contribution is -2.54. The maximum absolute atomic E-state index is 10.8. The highest BCUT2D eigenvalue weighted by molar-refractivity contribution is 7.13. The van der Waals surface area contributed by atoms with Crippen molar-refractivity contribution < 1.29 is 9.90 Å². The quantitative estimate of drug-likeness (QED) is 0.880. The number of hydrogen-bond donors (Lipinski definition) is 1. The molecule has 0 amide bonds. The van der Waals surface area contributed by atoms with Gasteiger partial charge in [-0.05, 0) is 19.4 Å². The van der Waals surface area contributed by atoms with Crippen LogP contribution in [0.5, 0.6) is 0 Å². The molecule has 3 heterocycles. The molecule has 1 aromatic heterocycles. The molecule has 3 rings (SSSR count). The number of rotatable bonds is 2. The number of thiazole rings is 1. The van der Waals surface area contributed by atoms with E-state index in [0.29, 0.717) is 6.04 Å². The van der Waals surface area contributed by atoms with Crippen molar-refractivity contribution in [2.24, 2.45) is 0 Å². The van der Waals surface area contributed by atoms with Gasteiger partial charge in [-0.2, -0.15) is 0 Å². The van der Waals surface area contributed by atoms with Crippen molar-refractivity contribution in [3.05, 3.63) is 11.1 Å². The highest BCUT2D eigenvalue weighted by atomic mass is 32.1. The smallest absolute Gasteiger partial charge is 0.355 e. The SMILES string of the molecule is O=C(O)c1csc(N2CCN3CCCCC3C2)n1. The first-order valence-corrected chi connectivity index (χ1v) is 7.30. The fourth-order valence-electron chi connectivity index (χ4n) is 2.84. The van der Waals surface area contributed by atoms with E-state index in [4.69, 9.17) is 5.11 Å². The first-order valence-electron chi connectivity index (χ1n) is 6.42. The fraction of sp³-hybridized carbons (Fsp3) is 0.667. The van der Waals surface area contributed by atoms with Crippen LogP contribution in [0.15, 0.2) is 5.38 Å². The van der Waals surface area contributed by atoms with Gasteiger partial charge in [0.05, 0.1) is 0 Å². The lowest BCUT2D eigenvalue weighted by atomic mass is 10.00. The molecule has 6 heteroatoms. The number of aromatic carboxylic acids is 1. The van der Waals surface area contributed by atoms with Crippen molar-refractivity contribution in [3.8, 4) is 0 Å². The molecule has 0 spiro atoms. The predicted molar refractivity (Wildman–Crippen MR) is 70.5 cm³/mol. The summed E-state index contributed by atoms with van der Waals surface area (Å²) >= 11 is 1.44. The number of piperidine rings is 1. The number of fused-ring (bicyclic) bond motifs is 1. The zero-order chi connectivity index (χ0) is 12.5. The summed E-state index contributed by atoms with van der Waals surface area (Å²) in [4.78, 5) is 19.8. The van der Waals surface area contributed by atoms with Gasteiger partial charge in [0.25, 0.3) is 0 Å². The molecule has 1 unspecified atom stereocenters. The number of aromatic nitrogens is 1. The minimum absolute atomic E-state index is 0.168. The number of piperazine rings is 1. The standard InChI is InChI=1S/C12H17N3O2S/c16-11(17)10-8-18-12(13-10)15-6-5-14-4-2-1-3-9(14)7-15/h8-9H,1-7H2,(H,16,17). The Morgan fingerprint density at radius 2 is 2.28 bits per heavy atom. The monoisotopic (exact) mass is 267 g/mol. The molecule has 18 heavy (non-hydrogen) atoms. The van der Waals surface area contributed by atoms with Crippen molar-refractivity contribution in [1.29, 1.82) is 0 Å². The Hall–Kier alpha value is -1.14. The summed E-state index contributed by atoms with van der Waals surface area (Å²) < 4.78 is 0. The molecule has 0 saturated carbocycles. The molecule has 1 N–H and O–H groups in total. The van der Waals surface area contributed by atoms with E-state index in [1.165, 1.54) is 37.1 Å². The summed E-state index contributed by atoms with van der Waals surface area (Å²) in [5, 5.41) is 11.4. The van der Waals surface area contributed by atoms with Crippen LogP contribution in [0.4, 0.5) is 5.13 Å². The minimum Gasteiger partial charge on any atom is -0.476 e. The van der Waals surface area contributed by atoms with E-state index >= 15 is 0 Å². The molecular weight excluding hydrogens is 250 g/mol. The molecule has 0 bridgehead atoms. The zero-order valence-electron chi connectivity index (χ0n) is 10.2. The third-order valence-corrected chi connectivity index (χ3v) is 4.72. The molecule has 0 radical (unpaired) electrons. The molecule has 1 atom stereocenters. The van der Waals surface area contributed by atoms with Gasteiger partial charge >= 0.3 is 5.97 Å². The van der Waals surface area contributed by atoms with E-state index in [2.05, 4.69) is 14.8 Å². The molecular formula is C12H17N3O2S. The van der Waals surface area contributed by atoms with E-state index in [1.54, 1.807) is 5.38 Å². The van der Waals surface area contributed by atoms with Crippen LogP contribution in [0.3, 0.4) is 0 Å². The lowest BCUT2D eigenvalue weighted by Gasteiger charge is -2.43. The molecule has 2 saturated heterocycles. The number of carbonyl (C=O) groups is 1. The maximum Gasteiger partial charge on any atom is 0.355 e. The Bertz CT molecular complexity index is 448. The number of hydrogen-bond acceptors (Lipinski definition) is 5. The highest BCUT2D eigenvalue weighted by Crippen LogP contribution is 2.27. The van der Waals surface area contributed by atoms with Crippen LogP contribution in [-0.4, -0.2) is 53.2 Å². The van der Waals surface area contributed by atoms with Gasteiger partial charge in [-0.15, -0.1) is 11.3 Å². The van der Waals surface area contributed by atoms with Gasteiger partial charge in [-0.3, -0.25) is 4.90 Å². The second-order valence-corrected chi connectivity index (χ2v) is 5.79. The van der Waals surface area contributed by atoms with Crippen molar-refractivity contribution in [2.75, 3.05) is 31.1 Å². The normalized spacial score (nSPS) is 24.9. The number of nitrogens with zero attached hydrogens (tertiary/aromatic N) is 3. The van der Waals surface area contributed by atoms with Crippen molar-refractivity contribution >= 4 is 22.4 Å². The van der Waals surface area contributed by atoms with Crippen LogP contribution in [0.1, 0.15) is 29.8 Å². The van der Waals surface area contributed by atoms with Gasteiger partial charge < -0.3 is 10.0 Å². The first kappa shape index (κ1) is 11.9. The molecule has 2 aliphatic heterocycles. The molecule has 0 aliphatic carbocycles. The number of carboxylic acids is 1. The van der Waals surface area contributed by atoms with Gasteiger partial charge in [0.1, 0.15) is 0 Å². The Kier molecular flexibility index (Phi) is 3.22. The molecule has 1 aromatic rings. The van der Waals surface area contributed by atoms with Gasteiger partial charge in [0.2, 0.25) is 0 Å². The average molecular weight is 267 g/mol. The summed E-state index contributed by atoms with van der Waals surface area (Å²) in [6.07, 6.45) is 3.89. The number of anilines is 1. The second-order valence-electron chi connectivity index (χ2n) is 4.95.